The molecule has 1 aliphatic rings. The minimum atomic E-state index is -9.93. The van der Waals surface area contributed by atoms with Gasteiger partial charge in [-0.3, -0.25) is 9.36 Å². The van der Waals surface area contributed by atoms with Gasteiger partial charge in [-0.25, -0.2) is 4.98 Å². The first-order valence-electron chi connectivity index (χ1n) is 9.94. The summed E-state index contributed by atoms with van der Waals surface area (Å²) < 4.78 is 73.2. The lowest BCUT2D eigenvalue weighted by Gasteiger charge is -2.40. The van der Waals surface area contributed by atoms with Crippen molar-refractivity contribution < 1.29 is 24.2 Å². The van der Waals surface area contributed by atoms with E-state index in [9.17, 15) is 24.2 Å². The van der Waals surface area contributed by atoms with E-state index in [2.05, 4.69) is 9.88 Å². The fourth-order valence-electron chi connectivity index (χ4n) is 3.79. The van der Waals surface area contributed by atoms with Crippen LogP contribution in [0.1, 0.15) is 18.7 Å². The molecule has 2 heterocycles. The summed E-state index contributed by atoms with van der Waals surface area (Å²) in [4.78, 5) is 17.2. The van der Waals surface area contributed by atoms with Crippen LogP contribution in [0.5, 0.6) is 5.75 Å². The highest BCUT2D eigenvalue weighted by atomic mass is 32.5. The number of aryl methyl sites for hydroxylation is 1. The Labute approximate surface area is 181 Å². The molecule has 4 rings (SSSR count). The molecule has 0 aliphatic carbocycles. The van der Waals surface area contributed by atoms with Crippen molar-refractivity contribution in [3.05, 3.63) is 58.6 Å². The summed E-state index contributed by atoms with van der Waals surface area (Å²) in [5, 5.41) is -0.534. The second kappa shape index (κ2) is 6.92. The number of likely N-dealkylation sites (tertiary alicyclic amines) is 1. The maximum Gasteiger partial charge on any atom is 0.310 e. The predicted molar refractivity (Wildman–Crippen MR) is 115 cm³/mol. The Morgan fingerprint density at radius 3 is 2.22 bits per heavy atom. The van der Waals surface area contributed by atoms with E-state index < -0.39 is 26.1 Å². The number of rotatable bonds is 4. The van der Waals surface area contributed by atoms with Gasteiger partial charge in [0.05, 0.1) is 16.6 Å². The third-order valence-corrected chi connectivity index (χ3v) is 6.66. The van der Waals surface area contributed by atoms with Crippen LogP contribution in [0, 0.1) is 6.92 Å². The minimum Gasteiger partial charge on any atom is -0.490 e. The van der Waals surface area contributed by atoms with Crippen LogP contribution in [0.25, 0.3) is 16.6 Å². The summed E-state index contributed by atoms with van der Waals surface area (Å²) in [6, 6.07) is 7.72. The largest absolute Gasteiger partial charge is 0.490 e. The van der Waals surface area contributed by atoms with E-state index in [1.165, 1.54) is 6.92 Å². The van der Waals surface area contributed by atoms with Gasteiger partial charge in [0.1, 0.15) is 22.6 Å². The molecule has 1 fully saturated rings. The van der Waals surface area contributed by atoms with Crippen molar-refractivity contribution in [2.75, 3.05) is 20.1 Å². The summed E-state index contributed by atoms with van der Waals surface area (Å²) in [6.45, 7) is 3.38. The van der Waals surface area contributed by atoms with Crippen molar-refractivity contribution in [2.45, 2.75) is 30.8 Å². The first-order chi connectivity index (χ1) is 14.7. The number of hydrogen-bond donors (Lipinski definition) is 0. The van der Waals surface area contributed by atoms with Crippen molar-refractivity contribution in [1.29, 1.82) is 0 Å². The zero-order valence-electron chi connectivity index (χ0n) is 17.4. The first kappa shape index (κ1) is 22.5. The second-order valence-electron chi connectivity index (χ2n) is 8.06. The Morgan fingerprint density at radius 1 is 1.00 bits per heavy atom. The molecule has 3 aromatic rings. The van der Waals surface area contributed by atoms with Gasteiger partial charge in [0, 0.05) is 13.1 Å². The Morgan fingerprint density at radius 2 is 1.62 bits per heavy atom. The van der Waals surface area contributed by atoms with Gasteiger partial charge in [-0.15, -0.1) is 0 Å². The number of benzene rings is 2. The molecule has 11 heteroatoms. The summed E-state index contributed by atoms with van der Waals surface area (Å²) in [6.07, 6.45) is 1.86. The van der Waals surface area contributed by atoms with Gasteiger partial charge < -0.3 is 9.64 Å². The van der Waals surface area contributed by atoms with E-state index in [-0.39, 0.29) is 29.6 Å². The Hall–Kier alpha value is -2.66. The molecule has 1 saturated heterocycles. The van der Waals surface area contributed by atoms with Crippen molar-refractivity contribution in [3.63, 3.8) is 0 Å². The highest BCUT2D eigenvalue weighted by Gasteiger charge is 2.65. The lowest BCUT2D eigenvalue weighted by molar-refractivity contribution is 0.114. The van der Waals surface area contributed by atoms with E-state index >= 15 is 0 Å². The van der Waals surface area contributed by atoms with Gasteiger partial charge in [-0.05, 0) is 69.3 Å². The molecule has 0 atom stereocenters. The number of aromatic nitrogens is 2. The normalized spacial score (nSPS) is 18.3. The lowest BCUT2D eigenvalue weighted by atomic mass is 10.1. The van der Waals surface area contributed by atoms with Crippen molar-refractivity contribution in [2.24, 2.45) is 0 Å². The summed E-state index contributed by atoms with van der Waals surface area (Å²) in [5.74, 6) is 0.817. The van der Waals surface area contributed by atoms with Gasteiger partial charge in [-0.1, -0.05) is 19.4 Å². The molecule has 1 aliphatic heterocycles. The highest BCUT2D eigenvalue weighted by Crippen LogP contribution is 3.02. The van der Waals surface area contributed by atoms with Gasteiger partial charge in [0.15, 0.2) is 0 Å². The smallest absolute Gasteiger partial charge is 0.310 e. The molecule has 5 nitrogen and oxygen atoms in total. The van der Waals surface area contributed by atoms with Gasteiger partial charge >= 0.3 is 10.2 Å². The molecule has 0 amide bonds. The van der Waals surface area contributed by atoms with Gasteiger partial charge in [-0.2, -0.15) is 0 Å². The van der Waals surface area contributed by atoms with E-state index in [0.29, 0.717) is 11.4 Å². The van der Waals surface area contributed by atoms with Gasteiger partial charge in [0.25, 0.3) is 5.56 Å². The van der Waals surface area contributed by atoms with Crippen LogP contribution >= 0.6 is 10.2 Å². The van der Waals surface area contributed by atoms with Crippen LogP contribution in [0.3, 0.4) is 0 Å². The van der Waals surface area contributed by atoms with Crippen LogP contribution in [-0.4, -0.2) is 40.7 Å². The number of hydrogen-bond acceptors (Lipinski definition) is 4. The zero-order chi connectivity index (χ0) is 23.4. The van der Waals surface area contributed by atoms with E-state index in [0.717, 1.165) is 36.6 Å². The molecular formula is C21H22F5N3O2S. The molecular weight excluding hydrogens is 453 g/mol. The van der Waals surface area contributed by atoms with Crippen LogP contribution < -0.4 is 10.3 Å². The Kier molecular flexibility index (Phi) is 4.87. The van der Waals surface area contributed by atoms with Crippen LogP contribution in [0.4, 0.5) is 19.4 Å². The van der Waals surface area contributed by atoms with Crippen LogP contribution in [0.15, 0.2) is 52.2 Å². The molecule has 0 bridgehead atoms. The number of ether oxygens (including phenoxy) is 1. The molecule has 0 radical (unpaired) electrons. The molecule has 0 N–H and O–H groups in total. The number of piperidine rings is 1. The van der Waals surface area contributed by atoms with E-state index in [1.54, 1.807) is 24.3 Å². The Bertz CT molecular complexity index is 1240. The number of halogens is 5. The maximum absolute atomic E-state index is 13.2. The molecule has 0 saturated carbocycles. The van der Waals surface area contributed by atoms with Gasteiger partial charge in [0.2, 0.25) is 0 Å². The quantitative estimate of drug-likeness (QED) is 0.446. The fourth-order valence-corrected chi connectivity index (χ4v) is 4.45. The first-order valence-corrected chi connectivity index (χ1v) is 11.9. The SMILES string of the molecule is Cc1nc2ccc(S(F)(F)(F)(F)F)cc2c(=O)n1-c1ccc(OC2CCN(C)CC2)cc1. The van der Waals surface area contributed by atoms with E-state index in [4.69, 9.17) is 4.74 Å². The standard InChI is InChI=1S/C21H22F5N3O2S/c1-14-27-20-8-7-18(32(22,23,24,25)26)13-19(20)21(30)29(14)15-3-5-16(6-4-15)31-17-9-11-28(2)12-10-17/h3-8,13,17H,9-12H2,1-2H3. The average Bonchev–Trinajstić information content (AvgIpc) is 2.69. The molecule has 32 heavy (non-hydrogen) atoms. The van der Waals surface area contributed by atoms with Crippen molar-refractivity contribution >= 4 is 21.1 Å². The second-order valence-corrected chi connectivity index (χ2v) is 10.5. The minimum absolute atomic E-state index is 0.0780. The molecule has 0 unspecified atom stereocenters. The average molecular weight is 475 g/mol. The molecule has 0 spiro atoms. The molecule has 2 aromatic carbocycles. The van der Waals surface area contributed by atoms with Crippen LogP contribution in [0.2, 0.25) is 0 Å². The maximum atomic E-state index is 13.2. The number of nitrogens with zero attached hydrogens (tertiary/aromatic N) is 3. The summed E-state index contributed by atoms with van der Waals surface area (Å²) in [5.41, 5.74) is -0.605. The topological polar surface area (TPSA) is 47.4 Å². The molecule has 174 valence electrons. The van der Waals surface area contributed by atoms with Crippen LogP contribution in [-0.2, 0) is 0 Å². The Balaban J connectivity index is 1.70. The van der Waals surface area contributed by atoms with Crippen molar-refractivity contribution in [3.8, 4) is 11.4 Å². The fraction of sp³-hybridized carbons (Fsp3) is 0.333. The molecule has 1 aromatic heterocycles. The monoisotopic (exact) mass is 475 g/mol. The van der Waals surface area contributed by atoms with Crippen molar-refractivity contribution in [1.82, 2.24) is 14.5 Å². The van der Waals surface area contributed by atoms with E-state index in [1.807, 2.05) is 7.05 Å². The zero-order valence-corrected chi connectivity index (χ0v) is 18.2. The summed E-state index contributed by atoms with van der Waals surface area (Å²) in [7, 11) is -7.89. The third-order valence-electron chi connectivity index (χ3n) is 5.52. The number of fused-ring (bicyclic) bond motifs is 1. The highest BCUT2D eigenvalue weighted by molar-refractivity contribution is 8.45. The summed E-state index contributed by atoms with van der Waals surface area (Å²) >= 11 is 0. The third kappa shape index (κ3) is 4.58. The lowest BCUT2D eigenvalue weighted by Crippen LogP contribution is -2.35. The predicted octanol–water partition coefficient (Wildman–Crippen LogP) is 5.82.